The third-order valence-corrected chi connectivity index (χ3v) is 4.10. The van der Waals surface area contributed by atoms with Crippen LogP contribution in [-0.2, 0) is 11.2 Å². The lowest BCUT2D eigenvalue weighted by Crippen LogP contribution is -2.39. The molecule has 2 N–H and O–H groups in total. The Balaban J connectivity index is 2.08. The zero-order chi connectivity index (χ0) is 16.4. The molecular formula is C18H17N3O2. The zero-order valence-electron chi connectivity index (χ0n) is 12.6. The van der Waals surface area contributed by atoms with E-state index in [1.165, 1.54) is 11.6 Å². The summed E-state index contributed by atoms with van der Waals surface area (Å²) in [5, 5.41) is 0. The highest BCUT2D eigenvalue weighted by Gasteiger charge is 2.31. The fraction of sp³-hybridized carbons (Fsp3) is 0.167. The van der Waals surface area contributed by atoms with Crippen LogP contribution in [-0.4, -0.2) is 28.2 Å². The number of nitrogens with zero attached hydrogens (tertiary/aromatic N) is 2. The van der Waals surface area contributed by atoms with Crippen molar-refractivity contribution in [2.45, 2.75) is 12.5 Å². The van der Waals surface area contributed by atoms with Crippen molar-refractivity contribution in [2.24, 2.45) is 5.73 Å². The molecule has 2 aromatic rings. The van der Waals surface area contributed by atoms with Gasteiger partial charge in [0.25, 0.3) is 5.91 Å². The predicted molar refractivity (Wildman–Crippen MR) is 86.7 cm³/mol. The molecule has 0 saturated carbocycles. The molecule has 23 heavy (non-hydrogen) atoms. The zero-order valence-corrected chi connectivity index (χ0v) is 12.6. The minimum absolute atomic E-state index is 0.122. The average molecular weight is 307 g/mol. The Kier molecular flexibility index (Phi) is 3.93. The molecule has 0 spiro atoms. The first-order valence-corrected chi connectivity index (χ1v) is 7.38. The molecule has 0 radical (unpaired) electrons. The summed E-state index contributed by atoms with van der Waals surface area (Å²) in [6.07, 6.45) is 3.74. The Hall–Kier alpha value is -2.95. The molecule has 1 unspecified atom stereocenters. The number of benzene rings is 1. The Morgan fingerprint density at radius 3 is 2.70 bits per heavy atom. The number of primary amides is 1. The van der Waals surface area contributed by atoms with Gasteiger partial charge in [-0.2, -0.15) is 0 Å². The van der Waals surface area contributed by atoms with Gasteiger partial charge in [0.1, 0.15) is 5.69 Å². The number of hydrogen-bond acceptors (Lipinski definition) is 3. The quantitative estimate of drug-likeness (QED) is 0.879. The van der Waals surface area contributed by atoms with E-state index in [2.05, 4.69) is 17.6 Å². The Bertz CT molecular complexity index is 768. The van der Waals surface area contributed by atoms with Crippen LogP contribution in [0.3, 0.4) is 0 Å². The van der Waals surface area contributed by atoms with Crippen molar-refractivity contribution in [3.8, 4) is 0 Å². The SMILES string of the molecule is C=CC(=O)N1CCc2ccccc2C1c1ccc(C(N)=O)nc1. The van der Waals surface area contributed by atoms with Gasteiger partial charge in [0.15, 0.2) is 0 Å². The number of hydrogen-bond donors (Lipinski definition) is 1. The van der Waals surface area contributed by atoms with Crippen molar-refractivity contribution >= 4 is 11.8 Å². The second-order valence-corrected chi connectivity index (χ2v) is 5.43. The molecule has 2 heterocycles. The maximum absolute atomic E-state index is 12.2. The number of aromatic nitrogens is 1. The van der Waals surface area contributed by atoms with Gasteiger partial charge in [-0.25, -0.2) is 0 Å². The summed E-state index contributed by atoms with van der Waals surface area (Å²) < 4.78 is 0. The van der Waals surface area contributed by atoms with Crippen LogP contribution in [0.25, 0.3) is 0 Å². The normalized spacial score (nSPS) is 16.5. The van der Waals surface area contributed by atoms with E-state index in [0.29, 0.717) is 6.54 Å². The first-order chi connectivity index (χ1) is 11.1. The highest BCUT2D eigenvalue weighted by molar-refractivity contribution is 5.90. The first-order valence-electron chi connectivity index (χ1n) is 7.38. The lowest BCUT2D eigenvalue weighted by molar-refractivity contribution is -0.128. The molecule has 1 aliphatic heterocycles. The fourth-order valence-corrected chi connectivity index (χ4v) is 2.99. The number of rotatable bonds is 3. The maximum atomic E-state index is 12.2. The van der Waals surface area contributed by atoms with E-state index in [1.807, 2.05) is 18.2 Å². The minimum Gasteiger partial charge on any atom is -0.364 e. The van der Waals surface area contributed by atoms with E-state index < -0.39 is 5.91 Å². The molecule has 1 aromatic carbocycles. The van der Waals surface area contributed by atoms with Crippen LogP contribution < -0.4 is 5.73 Å². The Labute approximate surface area is 134 Å². The lowest BCUT2D eigenvalue weighted by Gasteiger charge is -2.37. The summed E-state index contributed by atoms with van der Waals surface area (Å²) in [6.45, 7) is 4.20. The number of carbonyl (C=O) groups is 2. The molecule has 1 aromatic heterocycles. The summed E-state index contributed by atoms with van der Waals surface area (Å²) in [7, 11) is 0. The smallest absolute Gasteiger partial charge is 0.267 e. The molecule has 2 amide bonds. The maximum Gasteiger partial charge on any atom is 0.267 e. The average Bonchev–Trinajstić information content (AvgIpc) is 2.60. The number of carbonyl (C=O) groups excluding carboxylic acids is 2. The van der Waals surface area contributed by atoms with Crippen LogP contribution in [0.5, 0.6) is 0 Å². The number of fused-ring (bicyclic) bond motifs is 1. The second-order valence-electron chi connectivity index (χ2n) is 5.43. The van der Waals surface area contributed by atoms with E-state index in [4.69, 9.17) is 5.73 Å². The monoisotopic (exact) mass is 307 g/mol. The van der Waals surface area contributed by atoms with E-state index in [9.17, 15) is 9.59 Å². The van der Waals surface area contributed by atoms with Crippen molar-refractivity contribution in [3.05, 3.63) is 77.6 Å². The van der Waals surface area contributed by atoms with Crippen LogP contribution in [0.4, 0.5) is 0 Å². The third kappa shape index (κ3) is 2.73. The molecule has 5 nitrogen and oxygen atoms in total. The van der Waals surface area contributed by atoms with E-state index in [1.54, 1.807) is 23.2 Å². The van der Waals surface area contributed by atoms with Gasteiger partial charge < -0.3 is 10.6 Å². The van der Waals surface area contributed by atoms with Gasteiger partial charge in [0, 0.05) is 12.7 Å². The molecular weight excluding hydrogens is 290 g/mol. The van der Waals surface area contributed by atoms with Crippen molar-refractivity contribution < 1.29 is 9.59 Å². The summed E-state index contributed by atoms with van der Waals surface area (Å²) >= 11 is 0. The molecule has 1 aliphatic rings. The van der Waals surface area contributed by atoms with Gasteiger partial charge >= 0.3 is 0 Å². The van der Waals surface area contributed by atoms with Gasteiger partial charge in [-0.05, 0) is 35.3 Å². The predicted octanol–water partition coefficient (Wildman–Crippen LogP) is 1.84. The molecule has 1 atom stereocenters. The molecule has 3 rings (SSSR count). The highest BCUT2D eigenvalue weighted by atomic mass is 16.2. The summed E-state index contributed by atoms with van der Waals surface area (Å²) in [6, 6.07) is 11.2. The van der Waals surface area contributed by atoms with Gasteiger partial charge in [0.05, 0.1) is 6.04 Å². The van der Waals surface area contributed by atoms with Crippen LogP contribution >= 0.6 is 0 Å². The largest absolute Gasteiger partial charge is 0.364 e. The Morgan fingerprint density at radius 1 is 1.26 bits per heavy atom. The second kappa shape index (κ2) is 6.04. The first kappa shape index (κ1) is 15.0. The minimum atomic E-state index is -0.570. The van der Waals surface area contributed by atoms with Crippen molar-refractivity contribution in [1.29, 1.82) is 0 Å². The summed E-state index contributed by atoms with van der Waals surface area (Å²) in [5.74, 6) is -0.692. The summed E-state index contributed by atoms with van der Waals surface area (Å²) in [5.41, 5.74) is 8.57. The summed E-state index contributed by atoms with van der Waals surface area (Å²) in [4.78, 5) is 29.3. The van der Waals surface area contributed by atoms with E-state index in [-0.39, 0.29) is 17.6 Å². The van der Waals surface area contributed by atoms with Crippen LogP contribution in [0.1, 0.15) is 33.2 Å². The fourth-order valence-electron chi connectivity index (χ4n) is 2.99. The van der Waals surface area contributed by atoms with E-state index in [0.717, 1.165) is 17.5 Å². The molecule has 0 aliphatic carbocycles. The molecule has 116 valence electrons. The highest BCUT2D eigenvalue weighted by Crippen LogP contribution is 2.34. The number of amides is 2. The van der Waals surface area contributed by atoms with Crippen molar-refractivity contribution in [2.75, 3.05) is 6.54 Å². The van der Waals surface area contributed by atoms with E-state index >= 15 is 0 Å². The number of nitrogens with two attached hydrogens (primary N) is 1. The van der Waals surface area contributed by atoms with Crippen LogP contribution in [0, 0.1) is 0 Å². The van der Waals surface area contributed by atoms with Crippen LogP contribution in [0.15, 0.2) is 55.3 Å². The standard InChI is InChI=1S/C18H17N3O2/c1-2-16(22)21-10-9-12-5-3-4-6-14(12)17(21)13-7-8-15(18(19)23)20-11-13/h2-8,11,17H,1,9-10H2,(H2,19,23). The van der Waals surface area contributed by atoms with Crippen molar-refractivity contribution in [1.82, 2.24) is 9.88 Å². The molecule has 0 fully saturated rings. The Morgan fingerprint density at radius 2 is 2.04 bits per heavy atom. The van der Waals surface area contributed by atoms with Gasteiger partial charge in [-0.3, -0.25) is 14.6 Å². The lowest BCUT2D eigenvalue weighted by atomic mass is 9.88. The molecule has 5 heteroatoms. The molecule has 0 saturated heterocycles. The number of pyridine rings is 1. The van der Waals surface area contributed by atoms with Gasteiger partial charge in [0.2, 0.25) is 5.91 Å². The third-order valence-electron chi connectivity index (χ3n) is 4.10. The van der Waals surface area contributed by atoms with Gasteiger partial charge in [-0.1, -0.05) is 36.9 Å². The topological polar surface area (TPSA) is 76.3 Å². The van der Waals surface area contributed by atoms with Gasteiger partial charge in [-0.15, -0.1) is 0 Å². The van der Waals surface area contributed by atoms with Crippen LogP contribution in [0.2, 0.25) is 0 Å². The molecule has 0 bridgehead atoms. The van der Waals surface area contributed by atoms with Crippen molar-refractivity contribution in [3.63, 3.8) is 0 Å².